The van der Waals surface area contributed by atoms with Gasteiger partial charge in [-0.05, 0) is 18.2 Å². The van der Waals surface area contributed by atoms with Crippen LogP contribution in [0.25, 0.3) is 0 Å². The standard InChI is InChI=1S/C9H11F2NO2/c1-14-12-5-9(13)7-4-6(10)2-3-8(7)11/h2-4,9,12-13H,5H2,1H3. The van der Waals surface area contributed by atoms with Crippen LogP contribution in [0.1, 0.15) is 11.7 Å². The van der Waals surface area contributed by atoms with E-state index in [9.17, 15) is 13.9 Å². The minimum atomic E-state index is -1.13. The van der Waals surface area contributed by atoms with Gasteiger partial charge in [-0.25, -0.2) is 8.78 Å². The Morgan fingerprint density at radius 3 is 2.86 bits per heavy atom. The molecule has 0 spiro atoms. The molecule has 0 amide bonds. The molecule has 0 aromatic heterocycles. The minimum absolute atomic E-state index is 0.00310. The van der Waals surface area contributed by atoms with Gasteiger partial charge < -0.3 is 9.94 Å². The van der Waals surface area contributed by atoms with E-state index in [-0.39, 0.29) is 12.1 Å². The van der Waals surface area contributed by atoms with E-state index in [4.69, 9.17) is 0 Å². The summed E-state index contributed by atoms with van der Waals surface area (Å²) in [7, 11) is 1.37. The Kier molecular flexibility index (Phi) is 3.94. The third kappa shape index (κ3) is 2.73. The molecule has 0 saturated heterocycles. The fourth-order valence-electron chi connectivity index (χ4n) is 1.04. The van der Waals surface area contributed by atoms with Gasteiger partial charge in [-0.15, -0.1) is 0 Å². The lowest BCUT2D eigenvalue weighted by Crippen LogP contribution is -2.20. The first-order valence-corrected chi connectivity index (χ1v) is 4.04. The van der Waals surface area contributed by atoms with Gasteiger partial charge >= 0.3 is 0 Å². The molecule has 1 aromatic rings. The molecule has 1 aromatic carbocycles. The maximum atomic E-state index is 13.1. The Morgan fingerprint density at radius 1 is 1.50 bits per heavy atom. The summed E-state index contributed by atoms with van der Waals surface area (Å²) in [5.41, 5.74) is 2.27. The van der Waals surface area contributed by atoms with Gasteiger partial charge in [-0.2, -0.15) is 5.48 Å². The summed E-state index contributed by atoms with van der Waals surface area (Å²) < 4.78 is 25.8. The van der Waals surface area contributed by atoms with Crippen molar-refractivity contribution in [1.29, 1.82) is 0 Å². The average Bonchev–Trinajstić information content (AvgIpc) is 2.18. The van der Waals surface area contributed by atoms with E-state index in [0.29, 0.717) is 0 Å². The first-order valence-electron chi connectivity index (χ1n) is 4.04. The Bertz CT molecular complexity index is 307. The number of nitrogens with one attached hydrogen (secondary N) is 1. The molecule has 1 atom stereocenters. The summed E-state index contributed by atoms with van der Waals surface area (Å²) in [5.74, 6) is -1.23. The van der Waals surface area contributed by atoms with E-state index < -0.39 is 17.7 Å². The third-order valence-electron chi connectivity index (χ3n) is 1.74. The van der Waals surface area contributed by atoms with Crippen LogP contribution in [0.4, 0.5) is 8.78 Å². The quantitative estimate of drug-likeness (QED) is 0.721. The summed E-state index contributed by atoms with van der Waals surface area (Å²) in [6, 6.07) is 2.92. The molecule has 14 heavy (non-hydrogen) atoms. The largest absolute Gasteiger partial charge is 0.387 e. The Morgan fingerprint density at radius 2 is 2.21 bits per heavy atom. The molecule has 0 aliphatic carbocycles. The summed E-state index contributed by atoms with van der Waals surface area (Å²) in [6.07, 6.45) is -1.13. The van der Waals surface area contributed by atoms with Gasteiger partial charge in [-0.1, -0.05) is 0 Å². The van der Waals surface area contributed by atoms with Crippen LogP contribution in [0, 0.1) is 11.6 Å². The van der Waals surface area contributed by atoms with E-state index in [0.717, 1.165) is 18.2 Å². The molecule has 1 unspecified atom stereocenters. The van der Waals surface area contributed by atoms with Crippen molar-refractivity contribution >= 4 is 0 Å². The van der Waals surface area contributed by atoms with Crippen LogP contribution in [0.15, 0.2) is 18.2 Å². The molecule has 5 heteroatoms. The fraction of sp³-hybridized carbons (Fsp3) is 0.333. The van der Waals surface area contributed by atoms with Crippen molar-refractivity contribution in [2.75, 3.05) is 13.7 Å². The number of hydrogen-bond donors (Lipinski definition) is 2. The van der Waals surface area contributed by atoms with Crippen LogP contribution in [-0.2, 0) is 4.84 Å². The van der Waals surface area contributed by atoms with E-state index in [1.165, 1.54) is 7.11 Å². The lowest BCUT2D eigenvalue weighted by Gasteiger charge is -2.11. The summed E-state index contributed by atoms with van der Waals surface area (Å²) in [5, 5.41) is 9.41. The molecule has 78 valence electrons. The van der Waals surface area contributed by atoms with Crippen molar-refractivity contribution < 1.29 is 18.7 Å². The molecule has 0 aliphatic heterocycles. The third-order valence-corrected chi connectivity index (χ3v) is 1.74. The van der Waals surface area contributed by atoms with Gasteiger partial charge in [0.2, 0.25) is 0 Å². The highest BCUT2D eigenvalue weighted by atomic mass is 19.1. The van der Waals surface area contributed by atoms with Gasteiger partial charge in [0.25, 0.3) is 0 Å². The lowest BCUT2D eigenvalue weighted by atomic mass is 10.1. The lowest BCUT2D eigenvalue weighted by molar-refractivity contribution is 0.0487. The van der Waals surface area contributed by atoms with Crippen LogP contribution in [0.3, 0.4) is 0 Å². The van der Waals surface area contributed by atoms with E-state index in [1.807, 2.05) is 0 Å². The molecule has 0 aliphatic rings. The van der Waals surface area contributed by atoms with Crippen LogP contribution in [0.5, 0.6) is 0 Å². The predicted molar refractivity (Wildman–Crippen MR) is 46.3 cm³/mol. The van der Waals surface area contributed by atoms with Crippen molar-refractivity contribution in [3.8, 4) is 0 Å². The van der Waals surface area contributed by atoms with Crippen molar-refractivity contribution in [2.45, 2.75) is 6.10 Å². The number of rotatable bonds is 4. The molecule has 1 rings (SSSR count). The first kappa shape index (κ1) is 11.0. The number of aliphatic hydroxyl groups is 1. The highest BCUT2D eigenvalue weighted by Gasteiger charge is 2.13. The second-order valence-electron chi connectivity index (χ2n) is 2.73. The van der Waals surface area contributed by atoms with Crippen LogP contribution in [-0.4, -0.2) is 18.8 Å². The first-order chi connectivity index (χ1) is 6.65. The maximum Gasteiger partial charge on any atom is 0.129 e. The smallest absolute Gasteiger partial charge is 0.129 e. The monoisotopic (exact) mass is 203 g/mol. The Labute approximate surface area is 80.3 Å². The number of hydrogen-bond acceptors (Lipinski definition) is 3. The molecule has 0 bridgehead atoms. The fourth-order valence-corrected chi connectivity index (χ4v) is 1.04. The zero-order valence-electron chi connectivity index (χ0n) is 7.63. The van der Waals surface area contributed by atoms with E-state index >= 15 is 0 Å². The number of benzene rings is 1. The highest BCUT2D eigenvalue weighted by Crippen LogP contribution is 2.17. The molecule has 0 fully saturated rings. The zero-order valence-corrected chi connectivity index (χ0v) is 7.63. The summed E-state index contributed by atoms with van der Waals surface area (Å²) in [6.45, 7) is -0.00310. The van der Waals surface area contributed by atoms with Crippen LogP contribution in [0.2, 0.25) is 0 Å². The molecule has 0 heterocycles. The van der Waals surface area contributed by atoms with Crippen LogP contribution >= 0.6 is 0 Å². The molecule has 0 saturated carbocycles. The number of hydroxylamine groups is 1. The van der Waals surface area contributed by atoms with E-state index in [2.05, 4.69) is 10.3 Å². The number of halogens is 2. The molecule has 0 radical (unpaired) electrons. The second kappa shape index (κ2) is 4.99. The minimum Gasteiger partial charge on any atom is -0.387 e. The van der Waals surface area contributed by atoms with Crippen molar-refractivity contribution in [1.82, 2.24) is 5.48 Å². The summed E-state index contributed by atoms with van der Waals surface area (Å²) in [4.78, 5) is 4.48. The average molecular weight is 203 g/mol. The van der Waals surface area contributed by atoms with Gasteiger partial charge in [-0.3, -0.25) is 0 Å². The molecular weight excluding hydrogens is 192 g/mol. The summed E-state index contributed by atoms with van der Waals surface area (Å²) >= 11 is 0. The molecular formula is C9H11F2NO2. The number of aliphatic hydroxyl groups excluding tert-OH is 1. The van der Waals surface area contributed by atoms with E-state index in [1.54, 1.807) is 0 Å². The Hall–Kier alpha value is -1.04. The SMILES string of the molecule is CONCC(O)c1cc(F)ccc1F. The normalized spacial score (nSPS) is 12.9. The zero-order chi connectivity index (χ0) is 10.6. The van der Waals surface area contributed by atoms with Gasteiger partial charge in [0.15, 0.2) is 0 Å². The Balaban J connectivity index is 2.77. The topological polar surface area (TPSA) is 41.5 Å². The van der Waals surface area contributed by atoms with Crippen molar-refractivity contribution in [3.63, 3.8) is 0 Å². The van der Waals surface area contributed by atoms with Crippen molar-refractivity contribution in [3.05, 3.63) is 35.4 Å². The van der Waals surface area contributed by atoms with Gasteiger partial charge in [0, 0.05) is 5.56 Å². The van der Waals surface area contributed by atoms with Crippen LogP contribution < -0.4 is 5.48 Å². The van der Waals surface area contributed by atoms with Gasteiger partial charge in [0.05, 0.1) is 19.8 Å². The highest BCUT2D eigenvalue weighted by molar-refractivity contribution is 5.21. The van der Waals surface area contributed by atoms with Gasteiger partial charge in [0.1, 0.15) is 11.6 Å². The second-order valence-corrected chi connectivity index (χ2v) is 2.73. The molecule has 2 N–H and O–H groups in total. The molecule has 3 nitrogen and oxygen atoms in total. The maximum absolute atomic E-state index is 13.1. The van der Waals surface area contributed by atoms with Crippen molar-refractivity contribution in [2.24, 2.45) is 0 Å². The predicted octanol–water partition coefficient (Wildman–Crippen LogP) is 1.15.